The first-order valence-corrected chi connectivity index (χ1v) is 7.63. The number of carbonyl (C=O) groups excluding carboxylic acids is 1. The van der Waals surface area contributed by atoms with Crippen molar-refractivity contribution in [1.29, 1.82) is 0 Å². The van der Waals surface area contributed by atoms with Crippen LogP contribution in [0.4, 0.5) is 0 Å². The molecule has 1 aliphatic carbocycles. The summed E-state index contributed by atoms with van der Waals surface area (Å²) in [4.78, 5) is 14.1. The molecule has 18 heavy (non-hydrogen) atoms. The predicted octanol–water partition coefficient (Wildman–Crippen LogP) is 2.12. The molecule has 1 saturated carbocycles. The molecule has 0 aromatic heterocycles. The van der Waals surface area contributed by atoms with Gasteiger partial charge in [-0.15, -0.1) is 0 Å². The summed E-state index contributed by atoms with van der Waals surface area (Å²) in [6.07, 6.45) is 11.3. The van der Waals surface area contributed by atoms with Crippen molar-refractivity contribution in [2.45, 2.75) is 76.0 Å². The first kappa shape index (κ1) is 12.6. The van der Waals surface area contributed by atoms with Gasteiger partial charge in [0.25, 0.3) is 0 Å². The Hall–Kier alpha value is -0.410. The van der Waals surface area contributed by atoms with Crippen LogP contribution in [0.5, 0.6) is 0 Å². The molecule has 0 aromatic carbocycles. The van der Waals surface area contributed by atoms with Gasteiger partial charge >= 0.3 is 0 Å². The monoisotopic (exact) mass is 251 g/mol. The van der Waals surface area contributed by atoms with E-state index in [4.69, 9.17) is 0 Å². The van der Waals surface area contributed by atoms with Gasteiger partial charge in [0.2, 0.25) is 0 Å². The van der Waals surface area contributed by atoms with Crippen LogP contribution in [-0.4, -0.2) is 41.0 Å². The van der Waals surface area contributed by atoms with Gasteiger partial charge in [-0.1, -0.05) is 19.3 Å². The molecule has 102 valence electrons. The highest BCUT2D eigenvalue weighted by Crippen LogP contribution is 2.41. The average Bonchev–Trinajstić information content (AvgIpc) is 2.62. The van der Waals surface area contributed by atoms with Crippen molar-refractivity contribution >= 4 is 6.29 Å². The number of hydrogen-bond donors (Lipinski definition) is 1. The van der Waals surface area contributed by atoms with Crippen LogP contribution in [0.15, 0.2) is 0 Å². The maximum Gasteiger partial charge on any atom is 0.127 e. The Kier molecular flexibility index (Phi) is 3.46. The van der Waals surface area contributed by atoms with Crippen molar-refractivity contribution in [3.8, 4) is 0 Å². The SMILES string of the molecule is O=CC1(CN2C3CCC2CC(O)C3)CCCCC1. The molecule has 3 rings (SSSR count). The van der Waals surface area contributed by atoms with Gasteiger partial charge in [-0.25, -0.2) is 0 Å². The molecule has 0 radical (unpaired) electrons. The molecule has 2 saturated heterocycles. The number of aldehydes is 1. The summed E-state index contributed by atoms with van der Waals surface area (Å²) in [6.45, 7) is 0.957. The van der Waals surface area contributed by atoms with Gasteiger partial charge in [-0.3, -0.25) is 4.90 Å². The fourth-order valence-electron chi connectivity index (χ4n) is 4.44. The Morgan fingerprint density at radius 1 is 1.11 bits per heavy atom. The zero-order chi connectivity index (χ0) is 12.6. The molecule has 2 unspecified atom stereocenters. The van der Waals surface area contributed by atoms with Crippen molar-refractivity contribution in [3.05, 3.63) is 0 Å². The van der Waals surface area contributed by atoms with E-state index in [2.05, 4.69) is 4.90 Å². The van der Waals surface area contributed by atoms with Crippen molar-refractivity contribution in [1.82, 2.24) is 4.90 Å². The standard InChI is InChI=1S/C15H25NO2/c17-11-15(6-2-1-3-7-15)10-16-12-4-5-13(16)9-14(18)8-12/h11-14,18H,1-10H2. The van der Waals surface area contributed by atoms with Crippen LogP contribution in [0.25, 0.3) is 0 Å². The molecule has 0 spiro atoms. The molecule has 3 heteroatoms. The molecule has 3 aliphatic rings. The minimum Gasteiger partial charge on any atom is -0.393 e. The third-order valence-corrected chi connectivity index (χ3v) is 5.46. The van der Waals surface area contributed by atoms with E-state index in [0.29, 0.717) is 12.1 Å². The number of hydrogen-bond acceptors (Lipinski definition) is 3. The quantitative estimate of drug-likeness (QED) is 0.781. The van der Waals surface area contributed by atoms with Crippen molar-refractivity contribution < 1.29 is 9.90 Å². The number of aliphatic hydroxyl groups is 1. The molecule has 0 aromatic rings. The molecule has 1 N–H and O–H groups in total. The van der Waals surface area contributed by atoms with Crippen LogP contribution >= 0.6 is 0 Å². The van der Waals surface area contributed by atoms with Crippen molar-refractivity contribution in [2.24, 2.45) is 5.41 Å². The van der Waals surface area contributed by atoms with E-state index in [9.17, 15) is 9.90 Å². The Labute approximate surface area is 110 Å². The van der Waals surface area contributed by atoms with Gasteiger partial charge in [0.15, 0.2) is 0 Å². The fraction of sp³-hybridized carbons (Fsp3) is 0.933. The lowest BCUT2D eigenvalue weighted by Crippen LogP contribution is -2.50. The summed E-state index contributed by atoms with van der Waals surface area (Å²) in [5.74, 6) is 0. The Balaban J connectivity index is 1.70. The van der Waals surface area contributed by atoms with Crippen LogP contribution in [0.1, 0.15) is 57.8 Å². The van der Waals surface area contributed by atoms with Crippen LogP contribution in [0, 0.1) is 5.41 Å². The molecule has 2 atom stereocenters. The lowest BCUT2D eigenvalue weighted by atomic mass is 9.74. The molecular formula is C15H25NO2. The summed E-state index contributed by atoms with van der Waals surface area (Å²) in [5, 5.41) is 9.84. The maximum atomic E-state index is 11.6. The Bertz CT molecular complexity index is 298. The molecule has 2 heterocycles. The first-order valence-electron chi connectivity index (χ1n) is 7.63. The second kappa shape index (κ2) is 4.93. The summed E-state index contributed by atoms with van der Waals surface area (Å²) < 4.78 is 0. The smallest absolute Gasteiger partial charge is 0.127 e. The molecule has 2 bridgehead atoms. The summed E-state index contributed by atoms with van der Waals surface area (Å²) in [5.41, 5.74) is -0.0681. The second-order valence-electron chi connectivity index (χ2n) is 6.72. The number of carbonyl (C=O) groups is 1. The zero-order valence-electron chi connectivity index (χ0n) is 11.2. The second-order valence-corrected chi connectivity index (χ2v) is 6.72. The molecule has 3 nitrogen and oxygen atoms in total. The van der Waals surface area contributed by atoms with Gasteiger partial charge in [0.05, 0.1) is 6.10 Å². The molecule has 0 amide bonds. The summed E-state index contributed by atoms with van der Waals surface area (Å²) >= 11 is 0. The number of aliphatic hydroxyl groups excluding tert-OH is 1. The number of piperidine rings is 1. The highest BCUT2D eigenvalue weighted by Gasteiger charge is 2.44. The zero-order valence-corrected chi connectivity index (χ0v) is 11.2. The third-order valence-electron chi connectivity index (χ3n) is 5.46. The van der Waals surface area contributed by atoms with Gasteiger partial charge in [-0.05, 0) is 38.5 Å². The van der Waals surface area contributed by atoms with Gasteiger partial charge in [-0.2, -0.15) is 0 Å². The van der Waals surface area contributed by atoms with Gasteiger partial charge in [0, 0.05) is 24.0 Å². The first-order chi connectivity index (χ1) is 8.72. The fourth-order valence-corrected chi connectivity index (χ4v) is 4.44. The highest BCUT2D eigenvalue weighted by atomic mass is 16.3. The van der Waals surface area contributed by atoms with E-state index < -0.39 is 0 Å². The van der Waals surface area contributed by atoms with E-state index in [1.807, 2.05) is 0 Å². The summed E-state index contributed by atoms with van der Waals surface area (Å²) in [7, 11) is 0. The molecular weight excluding hydrogens is 226 g/mol. The number of fused-ring (bicyclic) bond motifs is 2. The lowest BCUT2D eigenvalue weighted by Gasteiger charge is -2.43. The van der Waals surface area contributed by atoms with Crippen LogP contribution in [-0.2, 0) is 4.79 Å². The van der Waals surface area contributed by atoms with E-state index >= 15 is 0 Å². The van der Waals surface area contributed by atoms with Crippen LogP contribution in [0.2, 0.25) is 0 Å². The molecule has 2 aliphatic heterocycles. The number of rotatable bonds is 3. The van der Waals surface area contributed by atoms with Crippen molar-refractivity contribution in [3.63, 3.8) is 0 Å². The third kappa shape index (κ3) is 2.23. The predicted molar refractivity (Wildman–Crippen MR) is 70.3 cm³/mol. The molecule has 3 fully saturated rings. The van der Waals surface area contributed by atoms with Crippen molar-refractivity contribution in [2.75, 3.05) is 6.54 Å². The Morgan fingerprint density at radius 2 is 1.72 bits per heavy atom. The van der Waals surface area contributed by atoms with E-state index in [1.54, 1.807) is 0 Å². The minimum atomic E-state index is -0.0997. The van der Waals surface area contributed by atoms with E-state index in [1.165, 1.54) is 38.4 Å². The normalized spacial score (nSPS) is 39.7. The highest BCUT2D eigenvalue weighted by molar-refractivity contribution is 5.60. The van der Waals surface area contributed by atoms with Gasteiger partial charge < -0.3 is 9.90 Å². The van der Waals surface area contributed by atoms with E-state index in [0.717, 1.165) is 32.2 Å². The maximum absolute atomic E-state index is 11.6. The lowest BCUT2D eigenvalue weighted by molar-refractivity contribution is -0.120. The topological polar surface area (TPSA) is 40.5 Å². The largest absolute Gasteiger partial charge is 0.393 e. The summed E-state index contributed by atoms with van der Waals surface area (Å²) in [6, 6.07) is 1.08. The minimum absolute atomic E-state index is 0.0681. The number of nitrogens with zero attached hydrogens (tertiary/aromatic N) is 1. The van der Waals surface area contributed by atoms with Crippen LogP contribution in [0.3, 0.4) is 0 Å². The van der Waals surface area contributed by atoms with Gasteiger partial charge in [0.1, 0.15) is 6.29 Å². The van der Waals surface area contributed by atoms with Crippen LogP contribution < -0.4 is 0 Å². The van der Waals surface area contributed by atoms with E-state index in [-0.39, 0.29) is 11.5 Å². The Morgan fingerprint density at radius 3 is 2.28 bits per heavy atom. The average molecular weight is 251 g/mol.